The zero-order valence-electron chi connectivity index (χ0n) is 41.0. The van der Waals surface area contributed by atoms with Gasteiger partial charge >= 0.3 is 12.1 Å². The maximum Gasteiger partial charge on any atom is 0.410 e. The van der Waals surface area contributed by atoms with E-state index in [9.17, 15) is 4.79 Å². The van der Waals surface area contributed by atoms with Crippen LogP contribution in [0.4, 0.5) is 19.4 Å². The van der Waals surface area contributed by atoms with Gasteiger partial charge in [-0.3, -0.25) is 14.8 Å². The number of nitrogens with zero attached hydrogens (tertiary/aromatic N) is 6. The monoisotopic (exact) mass is 1050 g/mol. The maximum atomic E-state index is 17.8. The minimum absolute atomic E-state index is 0.0349. The normalized spacial score (nSPS) is 21.9. The molecule has 4 fully saturated rings. The van der Waals surface area contributed by atoms with Crippen molar-refractivity contribution in [2.45, 2.75) is 147 Å². The summed E-state index contributed by atoms with van der Waals surface area (Å²) >= 11 is 2.33. The molecule has 2 bridgehead atoms. The summed E-state index contributed by atoms with van der Waals surface area (Å²) in [5, 5.41) is 1.69. The first-order valence-corrected chi connectivity index (χ1v) is 27.8. The molecule has 0 saturated carbocycles. The van der Waals surface area contributed by atoms with Crippen molar-refractivity contribution in [3.05, 3.63) is 87.1 Å². The van der Waals surface area contributed by atoms with Crippen molar-refractivity contribution in [3.63, 3.8) is 0 Å². The highest BCUT2D eigenvalue weighted by Gasteiger charge is 2.50. The van der Waals surface area contributed by atoms with Crippen LogP contribution in [0.2, 0.25) is 16.6 Å². The van der Waals surface area contributed by atoms with Crippen LogP contribution >= 0.6 is 22.6 Å². The Bertz CT molecular complexity index is 2760. The third-order valence-electron chi connectivity index (χ3n) is 15.2. The summed E-state index contributed by atoms with van der Waals surface area (Å²) in [6.07, 6.45) is 5.75. The number of halogens is 3. The topological polar surface area (TPSA) is 93.2 Å². The number of hydrogen-bond acceptors (Lipinski definition) is 9. The first-order chi connectivity index (χ1) is 32.4. The Morgan fingerprint density at radius 3 is 2.37 bits per heavy atom. The largest absolute Gasteiger partial charge is 0.461 e. The molecule has 1 amide bonds. The van der Waals surface area contributed by atoms with Crippen LogP contribution in [0, 0.1) is 26.7 Å². The Morgan fingerprint density at radius 2 is 1.68 bits per heavy atom. The van der Waals surface area contributed by atoms with Crippen molar-refractivity contribution < 1.29 is 27.8 Å². The number of anilines is 1. The average Bonchev–Trinajstić information content (AvgIpc) is 3.92. The molecule has 0 spiro atoms. The third-order valence-corrected chi connectivity index (χ3v) is 22.1. The lowest BCUT2D eigenvalue weighted by Crippen LogP contribution is -2.57. The van der Waals surface area contributed by atoms with Crippen molar-refractivity contribution in [2.24, 2.45) is 0 Å². The van der Waals surface area contributed by atoms with Gasteiger partial charge in [-0.1, -0.05) is 83.9 Å². The summed E-state index contributed by atoms with van der Waals surface area (Å²) in [7, 11) is -2.26. The van der Waals surface area contributed by atoms with E-state index in [4.69, 9.17) is 29.2 Å². The van der Waals surface area contributed by atoms with E-state index in [-0.39, 0.29) is 52.6 Å². The molecular weight excluding hydrogens is 990 g/mol. The Labute approximate surface area is 415 Å². The zero-order chi connectivity index (χ0) is 48.3. The molecule has 5 aromatic rings. The predicted molar refractivity (Wildman–Crippen MR) is 277 cm³/mol. The molecule has 68 heavy (non-hydrogen) atoms. The molecule has 4 aliphatic heterocycles. The number of carbonyl (C=O) groups is 1. The van der Waals surface area contributed by atoms with E-state index < -0.39 is 25.3 Å². The summed E-state index contributed by atoms with van der Waals surface area (Å²) < 4.78 is 54.3. The van der Waals surface area contributed by atoms with Crippen LogP contribution in [-0.2, 0) is 16.1 Å². The number of hydrogen-bond donors (Lipinski definition) is 0. The molecule has 0 aliphatic carbocycles. The lowest BCUT2D eigenvalue weighted by molar-refractivity contribution is 0.0122. The fourth-order valence-corrected chi connectivity index (χ4v) is 17.9. The number of ether oxygens (including phenoxy) is 3. The lowest BCUT2D eigenvalue weighted by Gasteiger charge is -2.42. The summed E-state index contributed by atoms with van der Waals surface area (Å²) in [5.74, 6) is 2.77. The molecule has 0 radical (unpaired) electrons. The quantitative estimate of drug-likeness (QED) is 0.0728. The van der Waals surface area contributed by atoms with E-state index in [0.717, 1.165) is 56.1 Å². The number of fused-ring (bicyclic) bond motifs is 5. The molecule has 0 unspecified atom stereocenters. The minimum Gasteiger partial charge on any atom is -0.461 e. The maximum absolute atomic E-state index is 17.8. The van der Waals surface area contributed by atoms with E-state index in [1.165, 1.54) is 9.64 Å². The molecule has 9 rings (SSSR count). The molecule has 6 heterocycles. The fraction of sp³-hybridized carbons (Fsp3) is 0.519. The third kappa shape index (κ3) is 9.21. The number of carbonyl (C=O) groups excluding carboxylic acids is 1. The SMILES string of the molecule is CC(C)[Si](C#Cc1c(F)ccc2cccc(-c3ncc4c(N5C[C@H]6CC[C@@H](C5)N6C(=O)OC(C)(C)C)nc(OC[C@@]56CCCN5C[C@@H](OCc5cccc(I)c5)C6)nc4c3F)c12)(C(C)C)C(C)C. The van der Waals surface area contributed by atoms with E-state index >= 15 is 8.78 Å². The Hall–Kier alpha value is -4.43. The van der Waals surface area contributed by atoms with Gasteiger partial charge in [0.05, 0.1) is 41.3 Å². The molecule has 4 saturated heterocycles. The smallest absolute Gasteiger partial charge is 0.410 e. The minimum atomic E-state index is -2.26. The molecule has 4 aliphatic rings. The number of pyridine rings is 1. The van der Waals surface area contributed by atoms with E-state index in [2.05, 4.69) is 110 Å². The second-order valence-electron chi connectivity index (χ2n) is 21.5. The van der Waals surface area contributed by atoms with Gasteiger partial charge in [0.1, 0.15) is 43.1 Å². The van der Waals surface area contributed by atoms with Crippen LogP contribution in [0.25, 0.3) is 32.9 Å². The second kappa shape index (κ2) is 19.1. The van der Waals surface area contributed by atoms with E-state index in [1.54, 1.807) is 18.3 Å². The molecule has 2 aromatic heterocycles. The van der Waals surface area contributed by atoms with Crippen LogP contribution in [0.1, 0.15) is 106 Å². The molecular formula is C54H65F2IN6O4Si. The summed E-state index contributed by atoms with van der Waals surface area (Å²) in [5.41, 5.74) is 5.78. The highest BCUT2D eigenvalue weighted by Crippen LogP contribution is 2.44. The number of amides is 1. The highest BCUT2D eigenvalue weighted by molar-refractivity contribution is 14.1. The summed E-state index contributed by atoms with van der Waals surface area (Å²) in [6.45, 7) is 22.6. The van der Waals surface area contributed by atoms with Crippen LogP contribution in [0.3, 0.4) is 0 Å². The van der Waals surface area contributed by atoms with Gasteiger partial charge in [0, 0.05) is 40.4 Å². The predicted octanol–water partition coefficient (Wildman–Crippen LogP) is 12.1. The standard InChI is InChI=1S/C54H65F2IN6O4Si/c1-33(2)68(34(3)4,35(5)6)24-21-42-45(55)20-17-37-14-11-16-43(46(37)42)48-47(56)49-44(27-58-48)50(61-28-39-18-19-40(29-61)63(39)52(64)67-53(7,8)9)60-51(59-49)66-32-54-22-12-23-62(54)30-41(26-54)65-31-36-13-10-15-38(57)25-36/h10-11,13-17,20,25,27,33-35,39-41H,12,18-19,22-23,26,28-32H2,1-9H3/t39-,40+,41-,54-/m0/s1. The first kappa shape index (κ1) is 48.6. The van der Waals surface area contributed by atoms with Gasteiger partial charge in [-0.2, -0.15) is 9.97 Å². The van der Waals surface area contributed by atoms with Gasteiger partial charge in [-0.05, 0) is 128 Å². The molecule has 10 nitrogen and oxygen atoms in total. The van der Waals surface area contributed by atoms with Gasteiger partial charge < -0.3 is 19.1 Å². The van der Waals surface area contributed by atoms with Crippen molar-refractivity contribution in [3.8, 4) is 28.7 Å². The van der Waals surface area contributed by atoms with Gasteiger partial charge in [0.25, 0.3) is 0 Å². The molecule has 360 valence electrons. The van der Waals surface area contributed by atoms with Crippen molar-refractivity contribution >= 4 is 64.3 Å². The van der Waals surface area contributed by atoms with Crippen LogP contribution in [0.15, 0.2) is 60.8 Å². The Morgan fingerprint density at radius 1 is 0.956 bits per heavy atom. The van der Waals surface area contributed by atoms with Gasteiger partial charge in [0.15, 0.2) is 5.82 Å². The fourth-order valence-electron chi connectivity index (χ4n) is 12.1. The van der Waals surface area contributed by atoms with Gasteiger partial charge in [0.2, 0.25) is 0 Å². The van der Waals surface area contributed by atoms with E-state index in [1.807, 2.05) is 37.8 Å². The Balaban J connectivity index is 1.11. The lowest BCUT2D eigenvalue weighted by atomic mass is 9.94. The number of piperazine rings is 1. The average molecular weight is 1060 g/mol. The molecule has 3 aromatic carbocycles. The first-order valence-electron chi connectivity index (χ1n) is 24.5. The number of rotatable bonds is 11. The zero-order valence-corrected chi connectivity index (χ0v) is 44.1. The van der Waals surface area contributed by atoms with Gasteiger partial charge in [-0.15, -0.1) is 5.54 Å². The van der Waals surface area contributed by atoms with Crippen LogP contribution in [-0.4, -0.2) is 101 Å². The summed E-state index contributed by atoms with van der Waals surface area (Å²) in [6, 6.07) is 16.9. The van der Waals surface area contributed by atoms with Gasteiger partial charge in [-0.25, -0.2) is 13.6 Å². The molecule has 14 heteroatoms. The van der Waals surface area contributed by atoms with Crippen molar-refractivity contribution in [1.82, 2.24) is 24.8 Å². The number of benzene rings is 3. The Kier molecular flexibility index (Phi) is 13.6. The highest BCUT2D eigenvalue weighted by atomic mass is 127. The van der Waals surface area contributed by atoms with Crippen molar-refractivity contribution in [1.29, 1.82) is 0 Å². The molecule has 4 atom stereocenters. The van der Waals surface area contributed by atoms with Crippen molar-refractivity contribution in [2.75, 3.05) is 37.7 Å². The van der Waals surface area contributed by atoms with Crippen LogP contribution < -0.4 is 9.64 Å². The number of aromatic nitrogens is 3. The van der Waals surface area contributed by atoms with E-state index in [0.29, 0.717) is 65.1 Å². The molecule has 0 N–H and O–H groups in total. The van der Waals surface area contributed by atoms with Crippen LogP contribution in [0.5, 0.6) is 6.01 Å². The summed E-state index contributed by atoms with van der Waals surface area (Å²) in [4.78, 5) is 34.7. The second-order valence-corrected chi connectivity index (χ2v) is 28.3.